The van der Waals surface area contributed by atoms with Crippen LogP contribution in [0.15, 0.2) is 0 Å². The Bertz CT molecular complexity index is 237. The molecule has 0 N–H and O–H groups in total. The predicted octanol–water partition coefficient (Wildman–Crippen LogP) is 0.860. The molecule has 5 nitrogen and oxygen atoms in total. The molecule has 0 aliphatic heterocycles. The molecular weight excluding hydrogens is 260 g/mol. The average Bonchev–Trinajstić information content (AvgIpc) is 1.95. The Morgan fingerprint density at radius 2 is 1.16 bits per heavy atom. The molecule has 0 bridgehead atoms. The SMILES string of the molecule is CC(C)(C)OC(=O)[CH-]C(=O)OC(C)(C)C.CC[O-].[Mg+2]. The van der Waals surface area contributed by atoms with Crippen molar-refractivity contribution in [1.82, 2.24) is 0 Å². The fraction of sp³-hybridized carbons (Fsp3) is 0.769. The van der Waals surface area contributed by atoms with E-state index in [1.807, 2.05) is 0 Å². The molecule has 0 amide bonds. The predicted molar refractivity (Wildman–Crippen MR) is 72.3 cm³/mol. The molecule has 0 spiro atoms. The molecule has 0 aliphatic rings. The van der Waals surface area contributed by atoms with Crippen LogP contribution < -0.4 is 5.11 Å². The quantitative estimate of drug-likeness (QED) is 0.325. The summed E-state index contributed by atoms with van der Waals surface area (Å²) in [6.45, 7) is 11.9. The largest absolute Gasteiger partial charge is 2.00 e. The van der Waals surface area contributed by atoms with Gasteiger partial charge in [-0.1, -0.05) is 6.92 Å². The third-order valence-corrected chi connectivity index (χ3v) is 1.05. The normalized spacial score (nSPS) is 10.3. The maximum absolute atomic E-state index is 11.2. The maximum atomic E-state index is 11.2. The van der Waals surface area contributed by atoms with Crippen LogP contribution in [0.1, 0.15) is 48.5 Å². The smallest absolute Gasteiger partial charge is 0.855 e. The molecule has 0 saturated heterocycles. The minimum atomic E-state index is -0.684. The summed E-state index contributed by atoms with van der Waals surface area (Å²) in [5, 5.41) is 8.93. The number of hydrogen-bond acceptors (Lipinski definition) is 5. The van der Waals surface area contributed by atoms with Gasteiger partial charge in [0, 0.05) is 0 Å². The first kappa shape index (κ1) is 23.6. The molecule has 0 saturated carbocycles. The summed E-state index contributed by atoms with van der Waals surface area (Å²) in [5.74, 6) is -1.37. The van der Waals surface area contributed by atoms with E-state index in [4.69, 9.17) is 14.6 Å². The third-order valence-electron chi connectivity index (χ3n) is 1.05. The van der Waals surface area contributed by atoms with Gasteiger partial charge in [0.1, 0.15) is 11.2 Å². The molecule has 0 rings (SSSR count). The number of esters is 2. The van der Waals surface area contributed by atoms with E-state index in [0.29, 0.717) is 0 Å². The third kappa shape index (κ3) is 23.1. The molecule has 19 heavy (non-hydrogen) atoms. The summed E-state index contributed by atoms with van der Waals surface area (Å²) in [6, 6.07) is 0. The second-order valence-corrected chi connectivity index (χ2v) is 5.50. The zero-order valence-corrected chi connectivity index (χ0v) is 14.4. The van der Waals surface area contributed by atoms with E-state index in [9.17, 15) is 9.59 Å². The van der Waals surface area contributed by atoms with Crippen LogP contribution in [0.4, 0.5) is 0 Å². The molecule has 0 aliphatic carbocycles. The number of carbonyl (C=O) groups is 2. The van der Waals surface area contributed by atoms with Crippen LogP contribution in [0.5, 0.6) is 0 Å². The summed E-state index contributed by atoms with van der Waals surface area (Å²) in [4.78, 5) is 22.4. The Morgan fingerprint density at radius 3 is 1.32 bits per heavy atom. The molecule has 0 radical (unpaired) electrons. The van der Waals surface area contributed by atoms with Crippen LogP contribution in [0.2, 0.25) is 0 Å². The Kier molecular flexibility index (Phi) is 12.9. The molecule has 0 fully saturated rings. The molecule has 0 aromatic carbocycles. The van der Waals surface area contributed by atoms with E-state index in [2.05, 4.69) is 0 Å². The van der Waals surface area contributed by atoms with Gasteiger partial charge in [-0.05, 0) is 41.5 Å². The zero-order chi connectivity index (χ0) is 15.0. The van der Waals surface area contributed by atoms with E-state index < -0.39 is 23.1 Å². The summed E-state index contributed by atoms with van der Waals surface area (Å²) in [5.41, 5.74) is -1.20. The van der Waals surface area contributed by atoms with Gasteiger partial charge in [0.25, 0.3) is 0 Å². The second-order valence-electron chi connectivity index (χ2n) is 5.50. The molecule has 108 valence electrons. The Morgan fingerprint density at radius 1 is 0.947 bits per heavy atom. The minimum absolute atomic E-state index is 0. The van der Waals surface area contributed by atoms with Crippen LogP contribution in [0, 0.1) is 6.42 Å². The number of hydrogen-bond donors (Lipinski definition) is 0. The van der Waals surface area contributed by atoms with Gasteiger partial charge in [0.2, 0.25) is 0 Å². The first-order valence-electron chi connectivity index (χ1n) is 5.80. The van der Waals surface area contributed by atoms with E-state index in [-0.39, 0.29) is 29.7 Å². The number of ether oxygens (including phenoxy) is 2. The van der Waals surface area contributed by atoms with Gasteiger partial charge in [0.15, 0.2) is 11.9 Å². The van der Waals surface area contributed by atoms with Crippen LogP contribution in [-0.4, -0.2) is 52.8 Å². The fourth-order valence-corrected chi connectivity index (χ4v) is 0.759. The molecular formula is C13H24MgO5. The number of carbonyl (C=O) groups excluding carboxylic acids is 2. The topological polar surface area (TPSA) is 75.7 Å². The van der Waals surface area contributed by atoms with Crippen LogP contribution in [-0.2, 0) is 19.1 Å². The van der Waals surface area contributed by atoms with Crippen molar-refractivity contribution in [1.29, 1.82) is 0 Å². The summed E-state index contributed by atoms with van der Waals surface area (Å²) < 4.78 is 9.86. The molecule has 6 heteroatoms. The molecule has 0 heterocycles. The van der Waals surface area contributed by atoms with Gasteiger partial charge in [-0.2, -0.15) is 6.42 Å². The van der Waals surface area contributed by atoms with E-state index in [0.717, 1.165) is 6.42 Å². The van der Waals surface area contributed by atoms with E-state index in [1.54, 1.807) is 48.5 Å². The summed E-state index contributed by atoms with van der Waals surface area (Å²) >= 11 is 0. The Labute approximate surface area is 132 Å². The van der Waals surface area contributed by atoms with Crippen molar-refractivity contribution in [3.05, 3.63) is 6.42 Å². The van der Waals surface area contributed by atoms with Crippen LogP contribution in [0.25, 0.3) is 0 Å². The van der Waals surface area contributed by atoms with Crippen molar-refractivity contribution in [2.75, 3.05) is 6.61 Å². The average molecular weight is 285 g/mol. The Balaban J connectivity index is -0.000000580. The maximum Gasteiger partial charge on any atom is 2.00 e. The van der Waals surface area contributed by atoms with Gasteiger partial charge < -0.3 is 14.6 Å². The van der Waals surface area contributed by atoms with Crippen LogP contribution in [0.3, 0.4) is 0 Å². The second kappa shape index (κ2) is 10.3. The van der Waals surface area contributed by atoms with Crippen molar-refractivity contribution in [3.8, 4) is 0 Å². The first-order chi connectivity index (χ1) is 7.91. The summed E-state index contributed by atoms with van der Waals surface area (Å²) in [7, 11) is 0. The monoisotopic (exact) mass is 284 g/mol. The van der Waals surface area contributed by atoms with Crippen molar-refractivity contribution in [3.63, 3.8) is 0 Å². The van der Waals surface area contributed by atoms with E-state index >= 15 is 0 Å². The van der Waals surface area contributed by atoms with Crippen molar-refractivity contribution in [2.45, 2.75) is 59.7 Å². The van der Waals surface area contributed by atoms with Gasteiger partial charge in [-0.3, -0.25) is 9.59 Å². The van der Waals surface area contributed by atoms with Gasteiger partial charge >= 0.3 is 23.1 Å². The zero-order valence-electron chi connectivity index (χ0n) is 13.0. The number of rotatable bonds is 2. The first-order valence-corrected chi connectivity index (χ1v) is 5.80. The van der Waals surface area contributed by atoms with Crippen molar-refractivity contribution >= 4 is 35.0 Å². The molecule has 0 atom stereocenters. The molecule has 0 aromatic rings. The van der Waals surface area contributed by atoms with E-state index in [1.165, 1.54) is 0 Å². The van der Waals surface area contributed by atoms with Crippen molar-refractivity contribution in [2.24, 2.45) is 0 Å². The summed E-state index contributed by atoms with van der Waals surface area (Å²) in [6.07, 6.45) is 0.816. The van der Waals surface area contributed by atoms with Gasteiger partial charge in [-0.15, -0.1) is 6.61 Å². The minimum Gasteiger partial charge on any atom is -0.855 e. The standard InChI is InChI=1S/C11H19O4.C2H5O.Mg/c1-10(2,3)14-8(12)7-9(13)15-11(4,5)6;1-2-3;/h7H,1-6H3;2H2,1H3;/q2*-1;+2. The molecule has 0 unspecified atom stereocenters. The Hall–Kier alpha value is -0.464. The van der Waals surface area contributed by atoms with Crippen LogP contribution >= 0.6 is 0 Å². The van der Waals surface area contributed by atoms with Crippen molar-refractivity contribution < 1.29 is 24.2 Å². The fourth-order valence-electron chi connectivity index (χ4n) is 0.759. The molecule has 0 aromatic heterocycles. The van der Waals surface area contributed by atoms with Gasteiger partial charge in [-0.25, -0.2) is 0 Å². The van der Waals surface area contributed by atoms with Gasteiger partial charge in [0.05, 0.1) is 0 Å².